The molecule has 1 aliphatic heterocycles. The molecule has 0 aliphatic carbocycles. The number of nitrogens with one attached hydrogen (secondary N) is 1. The summed E-state index contributed by atoms with van der Waals surface area (Å²) in [6.07, 6.45) is 2.42. The molecule has 1 aromatic carbocycles. The van der Waals surface area contributed by atoms with Crippen molar-refractivity contribution < 1.29 is 14.3 Å². The van der Waals surface area contributed by atoms with Gasteiger partial charge in [0.2, 0.25) is 6.79 Å². The molecule has 0 radical (unpaired) electrons. The number of fused-ring (bicyclic) bond motifs is 1. The van der Waals surface area contributed by atoms with Crippen molar-refractivity contribution in [2.24, 2.45) is 0 Å². The van der Waals surface area contributed by atoms with Crippen LogP contribution >= 0.6 is 11.3 Å². The van der Waals surface area contributed by atoms with Gasteiger partial charge in [-0.25, -0.2) is 4.98 Å². The maximum absolute atomic E-state index is 12.2. The van der Waals surface area contributed by atoms with Crippen molar-refractivity contribution in [3.05, 3.63) is 58.5 Å². The molecular weight excluding hydrogens is 338 g/mol. The molecule has 0 unspecified atom stereocenters. The molecule has 3 heterocycles. The SMILES string of the molecule is O=C(NCCc1nc(-c2ccccn2)cs1)c1ccc2c(c1)OCO2. The van der Waals surface area contributed by atoms with E-state index in [0.29, 0.717) is 30.0 Å². The van der Waals surface area contributed by atoms with E-state index in [4.69, 9.17) is 9.47 Å². The topological polar surface area (TPSA) is 73.3 Å². The van der Waals surface area contributed by atoms with Gasteiger partial charge in [0.15, 0.2) is 11.5 Å². The van der Waals surface area contributed by atoms with Gasteiger partial charge in [-0.3, -0.25) is 9.78 Å². The van der Waals surface area contributed by atoms with Crippen molar-refractivity contribution in [1.82, 2.24) is 15.3 Å². The average molecular weight is 353 g/mol. The van der Waals surface area contributed by atoms with E-state index in [2.05, 4.69) is 15.3 Å². The molecule has 7 heteroatoms. The highest BCUT2D eigenvalue weighted by atomic mass is 32.1. The lowest BCUT2D eigenvalue weighted by atomic mass is 10.2. The van der Waals surface area contributed by atoms with E-state index in [-0.39, 0.29) is 12.7 Å². The summed E-state index contributed by atoms with van der Waals surface area (Å²) in [7, 11) is 0. The quantitative estimate of drug-likeness (QED) is 0.763. The van der Waals surface area contributed by atoms with Crippen molar-refractivity contribution in [2.45, 2.75) is 6.42 Å². The third-order valence-electron chi connectivity index (χ3n) is 3.74. The zero-order valence-electron chi connectivity index (χ0n) is 13.3. The van der Waals surface area contributed by atoms with Crippen LogP contribution in [0, 0.1) is 0 Å². The third-order valence-corrected chi connectivity index (χ3v) is 4.65. The van der Waals surface area contributed by atoms with Gasteiger partial charge in [-0.2, -0.15) is 0 Å². The molecule has 1 amide bonds. The molecule has 0 spiro atoms. The van der Waals surface area contributed by atoms with Gasteiger partial charge in [0, 0.05) is 30.1 Å². The van der Waals surface area contributed by atoms with Crippen molar-refractivity contribution in [3.8, 4) is 22.9 Å². The fourth-order valence-electron chi connectivity index (χ4n) is 2.48. The Morgan fingerprint density at radius 2 is 2.08 bits per heavy atom. The fourth-order valence-corrected chi connectivity index (χ4v) is 3.27. The number of thiazole rings is 1. The van der Waals surface area contributed by atoms with Crippen molar-refractivity contribution in [1.29, 1.82) is 0 Å². The highest BCUT2D eigenvalue weighted by Crippen LogP contribution is 2.32. The number of hydrogen-bond donors (Lipinski definition) is 1. The van der Waals surface area contributed by atoms with E-state index >= 15 is 0 Å². The molecule has 126 valence electrons. The molecule has 1 aliphatic rings. The van der Waals surface area contributed by atoms with Crippen LogP contribution in [0.25, 0.3) is 11.4 Å². The number of nitrogens with zero attached hydrogens (tertiary/aromatic N) is 2. The fraction of sp³-hybridized carbons (Fsp3) is 0.167. The van der Waals surface area contributed by atoms with Crippen molar-refractivity contribution in [2.75, 3.05) is 13.3 Å². The number of hydrogen-bond acceptors (Lipinski definition) is 6. The Morgan fingerprint density at radius 1 is 1.16 bits per heavy atom. The normalized spacial score (nSPS) is 12.2. The minimum absolute atomic E-state index is 0.139. The van der Waals surface area contributed by atoms with Crippen LogP contribution in [-0.2, 0) is 6.42 Å². The highest BCUT2D eigenvalue weighted by molar-refractivity contribution is 7.09. The molecule has 4 rings (SSSR count). The maximum atomic E-state index is 12.2. The number of ether oxygens (including phenoxy) is 2. The smallest absolute Gasteiger partial charge is 0.251 e. The molecule has 0 atom stereocenters. The van der Waals surface area contributed by atoms with Gasteiger partial charge in [-0.15, -0.1) is 11.3 Å². The lowest BCUT2D eigenvalue weighted by molar-refractivity contribution is 0.0953. The summed E-state index contributed by atoms with van der Waals surface area (Å²) in [5.41, 5.74) is 2.27. The summed E-state index contributed by atoms with van der Waals surface area (Å²) in [6, 6.07) is 10.9. The largest absolute Gasteiger partial charge is 0.454 e. The van der Waals surface area contributed by atoms with E-state index in [1.807, 2.05) is 23.6 Å². The molecule has 25 heavy (non-hydrogen) atoms. The van der Waals surface area contributed by atoms with Crippen LogP contribution in [0.15, 0.2) is 48.0 Å². The molecule has 3 aromatic rings. The lowest BCUT2D eigenvalue weighted by Crippen LogP contribution is -2.25. The third kappa shape index (κ3) is 3.46. The van der Waals surface area contributed by atoms with Gasteiger partial charge >= 0.3 is 0 Å². The van der Waals surface area contributed by atoms with Gasteiger partial charge < -0.3 is 14.8 Å². The summed E-state index contributed by atoms with van der Waals surface area (Å²) in [4.78, 5) is 21.1. The van der Waals surface area contributed by atoms with Crippen LogP contribution in [0.1, 0.15) is 15.4 Å². The number of benzene rings is 1. The number of rotatable bonds is 5. The van der Waals surface area contributed by atoms with Crippen LogP contribution in [0.3, 0.4) is 0 Å². The van der Waals surface area contributed by atoms with Crippen LogP contribution in [-0.4, -0.2) is 29.2 Å². The first-order chi connectivity index (χ1) is 12.3. The van der Waals surface area contributed by atoms with E-state index < -0.39 is 0 Å². The summed E-state index contributed by atoms with van der Waals surface area (Å²) in [5.74, 6) is 1.13. The lowest BCUT2D eigenvalue weighted by Gasteiger charge is -2.05. The van der Waals surface area contributed by atoms with Crippen molar-refractivity contribution in [3.63, 3.8) is 0 Å². The summed E-state index contributed by atoms with van der Waals surface area (Å²) in [5, 5.41) is 5.85. The first-order valence-corrected chi connectivity index (χ1v) is 8.71. The minimum Gasteiger partial charge on any atom is -0.454 e. The van der Waals surface area contributed by atoms with Crippen LogP contribution in [0.5, 0.6) is 11.5 Å². The summed E-state index contributed by atoms with van der Waals surface area (Å²) < 4.78 is 10.5. The van der Waals surface area contributed by atoms with E-state index in [9.17, 15) is 4.79 Å². The number of carbonyl (C=O) groups is 1. The number of pyridine rings is 1. The Morgan fingerprint density at radius 3 is 2.96 bits per heavy atom. The summed E-state index contributed by atoms with van der Waals surface area (Å²) >= 11 is 1.57. The van der Waals surface area contributed by atoms with E-state index in [0.717, 1.165) is 16.4 Å². The Kier molecular flexibility index (Phi) is 4.30. The molecule has 0 bridgehead atoms. The van der Waals surface area contributed by atoms with Gasteiger partial charge in [0.05, 0.1) is 16.4 Å². The Bertz CT molecular complexity index is 896. The van der Waals surface area contributed by atoms with Gasteiger partial charge in [0.1, 0.15) is 0 Å². The molecule has 0 fully saturated rings. The zero-order chi connectivity index (χ0) is 17.1. The molecule has 2 aromatic heterocycles. The van der Waals surface area contributed by atoms with E-state index in [1.165, 1.54) is 0 Å². The van der Waals surface area contributed by atoms with Gasteiger partial charge in [-0.05, 0) is 30.3 Å². The van der Waals surface area contributed by atoms with Crippen LogP contribution < -0.4 is 14.8 Å². The second kappa shape index (κ2) is 6.90. The monoisotopic (exact) mass is 353 g/mol. The molecule has 0 saturated heterocycles. The predicted molar refractivity (Wildman–Crippen MR) is 93.9 cm³/mol. The second-order valence-electron chi connectivity index (χ2n) is 5.42. The van der Waals surface area contributed by atoms with Gasteiger partial charge in [0.25, 0.3) is 5.91 Å². The standard InChI is InChI=1S/C18H15N3O3S/c22-18(12-4-5-15-16(9-12)24-11-23-15)20-8-6-17-21-14(10-25-17)13-3-1-2-7-19-13/h1-5,7,9-10H,6,8,11H2,(H,20,22). The van der Waals surface area contributed by atoms with Crippen LogP contribution in [0.4, 0.5) is 0 Å². The van der Waals surface area contributed by atoms with Crippen LogP contribution in [0.2, 0.25) is 0 Å². The zero-order valence-corrected chi connectivity index (χ0v) is 14.1. The van der Waals surface area contributed by atoms with Crippen molar-refractivity contribution >= 4 is 17.2 Å². The maximum Gasteiger partial charge on any atom is 0.251 e. The Hall–Kier alpha value is -2.93. The number of amides is 1. The molecule has 1 N–H and O–H groups in total. The van der Waals surface area contributed by atoms with E-state index in [1.54, 1.807) is 35.7 Å². The number of carbonyl (C=O) groups excluding carboxylic acids is 1. The van der Waals surface area contributed by atoms with Gasteiger partial charge in [-0.1, -0.05) is 6.07 Å². The predicted octanol–water partition coefficient (Wildman–Crippen LogP) is 2.91. The Labute approximate surface area is 148 Å². The first kappa shape index (κ1) is 15.6. The number of aromatic nitrogens is 2. The summed E-state index contributed by atoms with van der Waals surface area (Å²) in [6.45, 7) is 0.714. The molecule has 6 nitrogen and oxygen atoms in total. The second-order valence-corrected chi connectivity index (χ2v) is 6.36. The average Bonchev–Trinajstić information content (AvgIpc) is 3.31. The first-order valence-electron chi connectivity index (χ1n) is 7.83. The minimum atomic E-state index is -0.139. The highest BCUT2D eigenvalue weighted by Gasteiger charge is 2.16. The molecule has 0 saturated carbocycles. The molecular formula is C18H15N3O3S. The Balaban J connectivity index is 1.33.